The predicted molar refractivity (Wildman–Crippen MR) is 81.6 cm³/mol. The van der Waals surface area contributed by atoms with E-state index in [9.17, 15) is 37.1 Å². The summed E-state index contributed by atoms with van der Waals surface area (Å²) in [5.41, 5.74) is -1.17. The van der Waals surface area contributed by atoms with Gasteiger partial charge in [0.2, 0.25) is 0 Å². The molecule has 0 saturated heterocycles. The minimum atomic E-state index is -4.92. The quantitative estimate of drug-likeness (QED) is 0.528. The molecule has 0 atom stereocenters. The molecule has 25 heavy (non-hydrogen) atoms. The largest absolute Gasteiger partial charge is 0.311 e. The second-order valence-electron chi connectivity index (χ2n) is 4.49. The van der Waals surface area contributed by atoms with Gasteiger partial charge in [-0.1, -0.05) is 12.1 Å². The van der Waals surface area contributed by atoms with Gasteiger partial charge in [-0.25, -0.2) is 0 Å². The third-order valence-corrected chi connectivity index (χ3v) is 5.91. The average molecular weight is 388 g/mol. The predicted octanol–water partition coefficient (Wildman–Crippen LogP) is 1.60. The van der Waals surface area contributed by atoms with Gasteiger partial charge in [0.05, 0.1) is 9.85 Å². The van der Waals surface area contributed by atoms with Crippen molar-refractivity contribution in [1.29, 1.82) is 0 Å². The maximum absolute atomic E-state index is 12.1. The van der Waals surface area contributed by atoms with E-state index in [2.05, 4.69) is 3.63 Å². The molecule has 0 aliphatic rings. The number of rotatable bonds is 6. The third-order valence-electron chi connectivity index (χ3n) is 2.81. The molecule has 0 heterocycles. The molecule has 2 aromatic carbocycles. The fraction of sp³-hybridized carbons (Fsp3) is 0. The van der Waals surface area contributed by atoms with Crippen LogP contribution in [0.25, 0.3) is 0 Å². The van der Waals surface area contributed by atoms with E-state index in [0.717, 1.165) is 36.4 Å². The summed E-state index contributed by atoms with van der Waals surface area (Å²) in [6, 6.07) is 7.15. The van der Waals surface area contributed by atoms with E-state index >= 15 is 0 Å². The fourth-order valence-electron chi connectivity index (χ4n) is 1.70. The molecule has 11 nitrogen and oxygen atoms in total. The van der Waals surface area contributed by atoms with Gasteiger partial charge in [-0.2, -0.15) is 16.8 Å². The van der Waals surface area contributed by atoms with Gasteiger partial charge in [-0.3, -0.25) is 20.2 Å². The Morgan fingerprint density at radius 2 is 1.08 bits per heavy atom. The summed E-state index contributed by atoms with van der Waals surface area (Å²) in [4.78, 5) is 18.1. The molecule has 132 valence electrons. The number of hydrogen-bond acceptors (Lipinski definition) is 9. The van der Waals surface area contributed by atoms with Crippen molar-refractivity contribution in [3.63, 3.8) is 0 Å². The minimum Gasteiger partial charge on any atom is -0.258 e. The smallest absolute Gasteiger partial charge is 0.258 e. The Bertz CT molecular complexity index is 976. The van der Waals surface area contributed by atoms with Crippen molar-refractivity contribution >= 4 is 31.6 Å². The van der Waals surface area contributed by atoms with Crippen LogP contribution >= 0.6 is 0 Å². The zero-order valence-electron chi connectivity index (χ0n) is 12.0. The molecule has 0 aliphatic heterocycles. The molecule has 2 aromatic rings. The molecule has 0 aliphatic carbocycles. The van der Waals surface area contributed by atoms with E-state index in [1.54, 1.807) is 0 Å². The summed E-state index contributed by atoms with van der Waals surface area (Å²) in [6.07, 6.45) is 0. The summed E-state index contributed by atoms with van der Waals surface area (Å²) in [7, 11) is -9.83. The van der Waals surface area contributed by atoms with Gasteiger partial charge in [0.25, 0.3) is 11.4 Å². The Hall–Kier alpha value is -2.90. The van der Waals surface area contributed by atoms with Gasteiger partial charge in [0.1, 0.15) is 9.79 Å². The molecular formula is C12H8N2O9S2. The van der Waals surface area contributed by atoms with Crippen molar-refractivity contribution < 1.29 is 30.3 Å². The van der Waals surface area contributed by atoms with Crippen molar-refractivity contribution in [2.45, 2.75) is 9.79 Å². The van der Waals surface area contributed by atoms with E-state index in [-0.39, 0.29) is 0 Å². The molecule has 0 spiro atoms. The molecule has 0 bridgehead atoms. The summed E-state index contributed by atoms with van der Waals surface area (Å²) < 4.78 is 52.4. The molecule has 2 rings (SSSR count). The normalized spacial score (nSPS) is 11.8. The summed E-state index contributed by atoms with van der Waals surface area (Å²) in [6.45, 7) is 0. The number of non-ortho nitro benzene ring substituents is 2. The summed E-state index contributed by atoms with van der Waals surface area (Å²) in [5.74, 6) is 0. The van der Waals surface area contributed by atoms with Crippen LogP contribution in [0.4, 0.5) is 11.4 Å². The van der Waals surface area contributed by atoms with Gasteiger partial charge >= 0.3 is 20.2 Å². The zero-order chi connectivity index (χ0) is 18.8. The lowest BCUT2D eigenvalue weighted by atomic mass is 10.3. The Kier molecular flexibility index (Phi) is 4.82. The first kappa shape index (κ1) is 18.4. The maximum atomic E-state index is 12.1. The highest BCUT2D eigenvalue weighted by Crippen LogP contribution is 2.25. The third kappa shape index (κ3) is 4.14. The highest BCUT2D eigenvalue weighted by atomic mass is 32.3. The van der Waals surface area contributed by atoms with E-state index in [1.165, 1.54) is 0 Å². The lowest BCUT2D eigenvalue weighted by Gasteiger charge is -2.06. The second-order valence-corrected chi connectivity index (χ2v) is 7.79. The van der Waals surface area contributed by atoms with Crippen LogP contribution in [-0.2, 0) is 23.9 Å². The summed E-state index contributed by atoms with van der Waals surface area (Å²) in [5, 5.41) is 21.4. The molecule has 0 unspecified atom stereocenters. The molecule has 0 saturated carbocycles. The van der Waals surface area contributed by atoms with Crippen LogP contribution in [0.2, 0.25) is 0 Å². The lowest BCUT2D eigenvalue weighted by molar-refractivity contribution is -0.385. The van der Waals surface area contributed by atoms with Crippen LogP contribution in [0, 0.1) is 20.2 Å². The van der Waals surface area contributed by atoms with Gasteiger partial charge in [-0.15, -0.1) is 3.63 Å². The Morgan fingerprint density at radius 3 is 1.40 bits per heavy atom. The fourth-order valence-corrected chi connectivity index (χ4v) is 4.29. The number of nitrogens with zero attached hydrogens (tertiary/aromatic N) is 2. The van der Waals surface area contributed by atoms with Gasteiger partial charge in [0, 0.05) is 24.3 Å². The molecule has 0 aromatic heterocycles. The Labute approximate surface area is 141 Å². The molecule has 0 fully saturated rings. The first-order valence-electron chi connectivity index (χ1n) is 6.23. The van der Waals surface area contributed by atoms with Crippen LogP contribution in [0.15, 0.2) is 58.3 Å². The maximum Gasteiger partial charge on any atom is 0.311 e. The van der Waals surface area contributed by atoms with Crippen molar-refractivity contribution in [3.8, 4) is 0 Å². The molecule has 0 amide bonds. The van der Waals surface area contributed by atoms with Crippen molar-refractivity contribution in [3.05, 3.63) is 68.8 Å². The van der Waals surface area contributed by atoms with Crippen LogP contribution < -0.4 is 0 Å². The molecule has 0 radical (unpaired) electrons. The standard InChI is InChI=1S/C12H8N2O9S2/c15-13(16)9-3-1-5-11(7-9)24(19,20)23-25(21,22)12-6-2-4-10(8-12)14(17)18/h1-8H. The van der Waals surface area contributed by atoms with Crippen LogP contribution in [-0.4, -0.2) is 26.7 Å². The topological polar surface area (TPSA) is 164 Å². The van der Waals surface area contributed by atoms with E-state index in [4.69, 9.17) is 0 Å². The molecule has 13 heteroatoms. The van der Waals surface area contributed by atoms with Crippen molar-refractivity contribution in [2.75, 3.05) is 0 Å². The van der Waals surface area contributed by atoms with Crippen LogP contribution in [0.5, 0.6) is 0 Å². The Balaban J connectivity index is 2.43. The lowest BCUT2D eigenvalue weighted by Crippen LogP contribution is -2.14. The first-order valence-corrected chi connectivity index (χ1v) is 9.04. The number of nitro benzene ring substituents is 2. The van der Waals surface area contributed by atoms with E-state index in [1.807, 2.05) is 0 Å². The minimum absolute atomic E-state index is 0.586. The van der Waals surface area contributed by atoms with Gasteiger partial charge < -0.3 is 0 Å². The number of nitro groups is 2. The summed E-state index contributed by atoms with van der Waals surface area (Å²) >= 11 is 0. The highest BCUT2D eigenvalue weighted by molar-refractivity contribution is 7.99. The van der Waals surface area contributed by atoms with Gasteiger partial charge in [0.15, 0.2) is 0 Å². The SMILES string of the molecule is O=[N+]([O-])c1cccc(S(=O)(=O)OS(=O)(=O)c2cccc([N+](=O)[O-])c2)c1. The monoisotopic (exact) mass is 388 g/mol. The van der Waals surface area contributed by atoms with Crippen LogP contribution in [0.3, 0.4) is 0 Å². The Morgan fingerprint density at radius 1 is 0.720 bits per heavy atom. The molecule has 0 N–H and O–H groups in total. The van der Waals surface area contributed by atoms with E-state index < -0.39 is 51.2 Å². The first-order chi connectivity index (χ1) is 11.5. The van der Waals surface area contributed by atoms with Crippen molar-refractivity contribution in [1.82, 2.24) is 0 Å². The average Bonchev–Trinajstić information content (AvgIpc) is 2.54. The van der Waals surface area contributed by atoms with E-state index in [0.29, 0.717) is 12.1 Å². The zero-order valence-corrected chi connectivity index (χ0v) is 13.6. The van der Waals surface area contributed by atoms with Gasteiger partial charge in [-0.05, 0) is 12.1 Å². The second kappa shape index (κ2) is 6.54. The molecular weight excluding hydrogens is 380 g/mol. The highest BCUT2D eigenvalue weighted by Gasteiger charge is 2.29. The van der Waals surface area contributed by atoms with Crippen molar-refractivity contribution in [2.24, 2.45) is 0 Å². The number of benzene rings is 2. The number of hydrogen-bond donors (Lipinski definition) is 0. The van der Waals surface area contributed by atoms with Crippen LogP contribution in [0.1, 0.15) is 0 Å².